The van der Waals surface area contributed by atoms with Crippen molar-refractivity contribution in [1.82, 2.24) is 5.32 Å². The van der Waals surface area contributed by atoms with Crippen molar-refractivity contribution < 1.29 is 14.7 Å². The molecule has 2 amide bonds. The van der Waals surface area contributed by atoms with E-state index >= 15 is 0 Å². The van der Waals surface area contributed by atoms with E-state index in [4.69, 9.17) is 0 Å². The molecule has 0 aromatic rings. The molecule has 1 aliphatic rings. The van der Waals surface area contributed by atoms with E-state index < -0.39 is 17.4 Å². The number of rotatable bonds is 1. The first kappa shape index (κ1) is 6.95. The molecular formula is C6H7NO3. The van der Waals surface area contributed by atoms with E-state index in [1.807, 2.05) is 5.32 Å². The Morgan fingerprint density at radius 1 is 1.70 bits per heavy atom. The van der Waals surface area contributed by atoms with Gasteiger partial charge in [0.1, 0.15) is 0 Å². The summed E-state index contributed by atoms with van der Waals surface area (Å²) in [6.45, 7) is 3.24. The molecule has 54 valence electrons. The molecule has 2 N–H and O–H groups in total. The molecule has 10 heavy (non-hydrogen) atoms. The Labute approximate surface area is 57.5 Å². The van der Waals surface area contributed by atoms with Gasteiger partial charge in [0.15, 0.2) is 5.60 Å². The van der Waals surface area contributed by atoms with Crippen molar-refractivity contribution in [1.29, 1.82) is 0 Å². The van der Waals surface area contributed by atoms with Crippen molar-refractivity contribution in [2.75, 3.05) is 0 Å². The summed E-state index contributed by atoms with van der Waals surface area (Å²) in [5.74, 6) is -1.15. The Kier molecular flexibility index (Phi) is 1.33. The van der Waals surface area contributed by atoms with Crippen LogP contribution in [0.2, 0.25) is 0 Å². The van der Waals surface area contributed by atoms with E-state index in [1.54, 1.807) is 0 Å². The van der Waals surface area contributed by atoms with Crippen LogP contribution in [0.1, 0.15) is 6.42 Å². The molecule has 0 bridgehead atoms. The minimum atomic E-state index is -1.67. The van der Waals surface area contributed by atoms with Crippen LogP contribution in [0.3, 0.4) is 0 Å². The molecule has 1 atom stereocenters. The average molecular weight is 141 g/mol. The van der Waals surface area contributed by atoms with Crippen LogP contribution in [0.15, 0.2) is 12.7 Å². The van der Waals surface area contributed by atoms with Crippen LogP contribution in [0.5, 0.6) is 0 Å². The molecule has 0 aliphatic carbocycles. The fourth-order valence-electron chi connectivity index (χ4n) is 0.769. The Morgan fingerprint density at radius 2 is 2.30 bits per heavy atom. The largest absolute Gasteiger partial charge is 0.375 e. The highest BCUT2D eigenvalue weighted by Crippen LogP contribution is 2.16. The maximum atomic E-state index is 10.7. The van der Waals surface area contributed by atoms with Gasteiger partial charge in [-0.15, -0.1) is 0 Å². The van der Waals surface area contributed by atoms with Crippen LogP contribution in [-0.2, 0) is 9.59 Å². The van der Waals surface area contributed by atoms with Gasteiger partial charge >= 0.3 is 0 Å². The summed E-state index contributed by atoms with van der Waals surface area (Å²) < 4.78 is 0. The molecule has 0 aromatic carbocycles. The number of hydrogen-bond acceptors (Lipinski definition) is 3. The zero-order valence-corrected chi connectivity index (χ0v) is 5.26. The monoisotopic (exact) mass is 141 g/mol. The van der Waals surface area contributed by atoms with Gasteiger partial charge in [-0.2, -0.15) is 0 Å². The van der Waals surface area contributed by atoms with Crippen LogP contribution >= 0.6 is 0 Å². The molecule has 0 spiro atoms. The molecule has 1 heterocycles. The van der Waals surface area contributed by atoms with Gasteiger partial charge in [-0.05, 0) is 0 Å². The molecule has 1 aliphatic heterocycles. The van der Waals surface area contributed by atoms with Gasteiger partial charge in [0.2, 0.25) is 5.91 Å². The highest BCUT2D eigenvalue weighted by Gasteiger charge is 2.42. The molecule has 1 unspecified atom stereocenters. The molecule has 4 nitrogen and oxygen atoms in total. The van der Waals surface area contributed by atoms with Gasteiger partial charge in [0, 0.05) is 0 Å². The predicted octanol–water partition coefficient (Wildman–Crippen LogP) is -1.05. The van der Waals surface area contributed by atoms with Gasteiger partial charge < -0.3 is 5.11 Å². The molecule has 1 saturated heterocycles. The number of hydrogen-bond donors (Lipinski definition) is 2. The second kappa shape index (κ2) is 1.91. The molecule has 0 aromatic heterocycles. The van der Waals surface area contributed by atoms with Crippen LogP contribution in [-0.4, -0.2) is 22.5 Å². The van der Waals surface area contributed by atoms with Gasteiger partial charge in [-0.3, -0.25) is 14.9 Å². The van der Waals surface area contributed by atoms with Crippen LogP contribution < -0.4 is 5.32 Å². The van der Waals surface area contributed by atoms with Crippen molar-refractivity contribution in [3.63, 3.8) is 0 Å². The first-order valence-electron chi connectivity index (χ1n) is 2.79. The van der Waals surface area contributed by atoms with E-state index in [0.29, 0.717) is 0 Å². The summed E-state index contributed by atoms with van der Waals surface area (Å²) in [4.78, 5) is 21.2. The highest BCUT2D eigenvalue weighted by atomic mass is 16.3. The summed E-state index contributed by atoms with van der Waals surface area (Å²) in [7, 11) is 0. The predicted molar refractivity (Wildman–Crippen MR) is 32.9 cm³/mol. The quantitative estimate of drug-likeness (QED) is 0.361. The van der Waals surface area contributed by atoms with E-state index in [-0.39, 0.29) is 6.42 Å². The van der Waals surface area contributed by atoms with Crippen LogP contribution in [0.4, 0.5) is 0 Å². The van der Waals surface area contributed by atoms with Gasteiger partial charge in [0.05, 0.1) is 6.42 Å². The smallest absolute Gasteiger partial charge is 0.263 e. The zero-order chi connectivity index (χ0) is 7.78. The Morgan fingerprint density at radius 3 is 2.50 bits per heavy atom. The maximum Gasteiger partial charge on any atom is 0.263 e. The third-order valence-electron chi connectivity index (χ3n) is 1.41. The summed E-state index contributed by atoms with van der Waals surface area (Å²) >= 11 is 0. The summed E-state index contributed by atoms with van der Waals surface area (Å²) in [6.07, 6.45) is 0.850. The van der Waals surface area contributed by atoms with Crippen LogP contribution in [0, 0.1) is 0 Å². The topological polar surface area (TPSA) is 66.4 Å². The lowest BCUT2D eigenvalue weighted by molar-refractivity contribution is -0.131. The fraction of sp³-hybridized carbons (Fsp3) is 0.333. The molecule has 0 radical (unpaired) electrons. The zero-order valence-electron chi connectivity index (χ0n) is 5.26. The second-order valence-electron chi connectivity index (χ2n) is 2.18. The highest BCUT2D eigenvalue weighted by molar-refractivity contribution is 6.08. The number of carbonyl (C=O) groups is 2. The number of amides is 2. The Hall–Kier alpha value is -1.16. The summed E-state index contributed by atoms with van der Waals surface area (Å²) in [6, 6.07) is 0. The van der Waals surface area contributed by atoms with Crippen molar-refractivity contribution in [2.45, 2.75) is 12.0 Å². The first-order valence-corrected chi connectivity index (χ1v) is 2.79. The molecule has 1 fully saturated rings. The second-order valence-corrected chi connectivity index (χ2v) is 2.18. The maximum absolute atomic E-state index is 10.7. The van der Waals surface area contributed by atoms with Gasteiger partial charge in [-0.1, -0.05) is 12.7 Å². The number of aliphatic hydroxyl groups is 1. The summed E-state index contributed by atoms with van der Waals surface area (Å²) in [5.41, 5.74) is -1.67. The molecule has 0 saturated carbocycles. The third kappa shape index (κ3) is 0.823. The third-order valence-corrected chi connectivity index (χ3v) is 1.41. The molecule has 1 rings (SSSR count). The Balaban J connectivity index is 2.90. The number of carbonyl (C=O) groups excluding carboxylic acids is 2. The first-order chi connectivity index (χ1) is 4.58. The Bertz CT molecular complexity index is 211. The minimum absolute atomic E-state index is 0.213. The van der Waals surface area contributed by atoms with Crippen molar-refractivity contribution in [3.05, 3.63) is 12.7 Å². The standard InChI is InChI=1S/C6H7NO3/c1-2-6(10)3-4(8)7-5(6)9/h2,10H,1,3H2,(H,7,8,9). The summed E-state index contributed by atoms with van der Waals surface area (Å²) in [5, 5.41) is 11.1. The lowest BCUT2D eigenvalue weighted by atomic mass is 10.0. The lowest BCUT2D eigenvalue weighted by Crippen LogP contribution is -2.35. The molecular weight excluding hydrogens is 134 g/mol. The SMILES string of the molecule is C=CC1(O)CC(=O)NC1=O. The van der Waals surface area contributed by atoms with Gasteiger partial charge in [-0.25, -0.2) is 0 Å². The average Bonchev–Trinajstić information content (AvgIpc) is 2.09. The normalized spacial score (nSPS) is 32.1. The van der Waals surface area contributed by atoms with Crippen molar-refractivity contribution in [3.8, 4) is 0 Å². The van der Waals surface area contributed by atoms with E-state index in [2.05, 4.69) is 6.58 Å². The van der Waals surface area contributed by atoms with Crippen LogP contribution in [0.25, 0.3) is 0 Å². The number of nitrogens with one attached hydrogen (secondary N) is 1. The van der Waals surface area contributed by atoms with E-state index in [0.717, 1.165) is 6.08 Å². The molecule has 4 heteroatoms. The minimum Gasteiger partial charge on any atom is -0.375 e. The lowest BCUT2D eigenvalue weighted by Gasteiger charge is -2.09. The van der Waals surface area contributed by atoms with Gasteiger partial charge in [0.25, 0.3) is 5.91 Å². The van der Waals surface area contributed by atoms with E-state index in [9.17, 15) is 14.7 Å². The van der Waals surface area contributed by atoms with Crippen molar-refractivity contribution in [2.24, 2.45) is 0 Å². The van der Waals surface area contributed by atoms with Crippen molar-refractivity contribution >= 4 is 11.8 Å². The fourth-order valence-corrected chi connectivity index (χ4v) is 0.769. The number of imide groups is 1. The van der Waals surface area contributed by atoms with E-state index in [1.165, 1.54) is 0 Å².